The normalized spacial score (nSPS) is 13.8. The summed E-state index contributed by atoms with van der Waals surface area (Å²) < 4.78 is 10.6. The van der Waals surface area contributed by atoms with Crippen molar-refractivity contribution in [1.29, 1.82) is 0 Å². The summed E-state index contributed by atoms with van der Waals surface area (Å²) in [5.74, 6) is 1.43. The highest BCUT2D eigenvalue weighted by atomic mass is 16.5. The summed E-state index contributed by atoms with van der Waals surface area (Å²) in [6.07, 6.45) is 1.05. The molecular formula is C22H24N4O3. The standard InChI is InChI=1S/C22H24N4O3/c1-15(26-11-10-17-6-3-4-9-20(17)26)13-23-22(27)18-7-5-8-19(12-18)28-14-21-24-16(2)29-25-21/h3-9,12,15H,10-11,13-14H2,1-2H3,(H,23,27). The van der Waals surface area contributed by atoms with Crippen LogP contribution >= 0.6 is 0 Å². The summed E-state index contributed by atoms with van der Waals surface area (Å²) in [4.78, 5) is 19.1. The van der Waals surface area contributed by atoms with E-state index in [-0.39, 0.29) is 18.6 Å². The predicted octanol–water partition coefficient (Wildman–Crippen LogP) is 3.14. The van der Waals surface area contributed by atoms with Crippen LogP contribution in [-0.2, 0) is 13.0 Å². The third-order valence-electron chi connectivity index (χ3n) is 5.05. The monoisotopic (exact) mass is 392 g/mol. The summed E-state index contributed by atoms with van der Waals surface area (Å²) in [7, 11) is 0. The van der Waals surface area contributed by atoms with E-state index in [4.69, 9.17) is 9.26 Å². The number of amides is 1. The number of fused-ring (bicyclic) bond motifs is 1. The van der Waals surface area contributed by atoms with Crippen LogP contribution in [0.4, 0.5) is 5.69 Å². The van der Waals surface area contributed by atoms with E-state index >= 15 is 0 Å². The van der Waals surface area contributed by atoms with E-state index < -0.39 is 0 Å². The lowest BCUT2D eigenvalue weighted by Gasteiger charge is -2.27. The number of aryl methyl sites for hydroxylation is 1. The number of anilines is 1. The zero-order valence-corrected chi connectivity index (χ0v) is 16.6. The molecule has 1 atom stereocenters. The Kier molecular flexibility index (Phi) is 5.46. The van der Waals surface area contributed by atoms with Crippen molar-refractivity contribution in [1.82, 2.24) is 15.5 Å². The molecule has 0 saturated heterocycles. The third kappa shape index (κ3) is 4.39. The Morgan fingerprint density at radius 2 is 2.14 bits per heavy atom. The van der Waals surface area contributed by atoms with E-state index in [2.05, 4.69) is 51.5 Å². The fourth-order valence-corrected chi connectivity index (χ4v) is 3.55. The summed E-state index contributed by atoms with van der Waals surface area (Å²) >= 11 is 0. The highest BCUT2D eigenvalue weighted by Gasteiger charge is 2.23. The lowest BCUT2D eigenvalue weighted by atomic mass is 10.1. The maximum atomic E-state index is 12.6. The summed E-state index contributed by atoms with van der Waals surface area (Å²) in [5, 5.41) is 6.83. The minimum Gasteiger partial charge on any atom is -0.485 e. The molecule has 0 bridgehead atoms. The smallest absolute Gasteiger partial charge is 0.251 e. The van der Waals surface area contributed by atoms with Gasteiger partial charge < -0.3 is 19.5 Å². The topological polar surface area (TPSA) is 80.5 Å². The van der Waals surface area contributed by atoms with Gasteiger partial charge in [0.05, 0.1) is 0 Å². The van der Waals surface area contributed by atoms with Crippen molar-refractivity contribution >= 4 is 11.6 Å². The molecule has 0 aliphatic carbocycles. The van der Waals surface area contributed by atoms with Gasteiger partial charge in [-0.05, 0) is 43.2 Å². The zero-order chi connectivity index (χ0) is 20.2. The molecule has 0 saturated carbocycles. The van der Waals surface area contributed by atoms with Gasteiger partial charge in [-0.1, -0.05) is 29.4 Å². The molecule has 2 heterocycles. The lowest BCUT2D eigenvalue weighted by molar-refractivity contribution is 0.0951. The van der Waals surface area contributed by atoms with Gasteiger partial charge >= 0.3 is 0 Å². The van der Waals surface area contributed by atoms with Gasteiger partial charge in [0.25, 0.3) is 5.91 Å². The van der Waals surface area contributed by atoms with Crippen LogP contribution in [0.25, 0.3) is 0 Å². The first-order chi connectivity index (χ1) is 14.1. The quantitative estimate of drug-likeness (QED) is 0.665. The molecule has 1 unspecified atom stereocenters. The second-order valence-electron chi connectivity index (χ2n) is 7.18. The molecule has 1 amide bonds. The van der Waals surface area contributed by atoms with E-state index in [1.165, 1.54) is 11.3 Å². The van der Waals surface area contributed by atoms with E-state index in [9.17, 15) is 4.79 Å². The molecule has 0 spiro atoms. The maximum Gasteiger partial charge on any atom is 0.251 e. The van der Waals surface area contributed by atoms with Crippen molar-refractivity contribution in [2.24, 2.45) is 0 Å². The fraction of sp³-hybridized carbons (Fsp3) is 0.318. The molecule has 1 aliphatic heterocycles. The molecule has 0 radical (unpaired) electrons. The Labute approximate surface area is 169 Å². The van der Waals surface area contributed by atoms with E-state index in [0.29, 0.717) is 29.6 Å². The highest BCUT2D eigenvalue weighted by Crippen LogP contribution is 2.28. The van der Waals surface area contributed by atoms with Crippen molar-refractivity contribution in [3.05, 3.63) is 71.4 Å². The first kappa shape index (κ1) is 19.0. The second kappa shape index (κ2) is 8.34. The van der Waals surface area contributed by atoms with Crippen LogP contribution in [0.15, 0.2) is 53.1 Å². The molecule has 2 aromatic carbocycles. The SMILES string of the molecule is Cc1nc(COc2cccc(C(=O)NCC(C)N3CCc4ccccc43)c2)no1. The number of ether oxygens (including phenoxy) is 1. The minimum atomic E-state index is -0.120. The number of rotatable bonds is 7. The van der Waals surface area contributed by atoms with Gasteiger partial charge in [-0.25, -0.2) is 0 Å². The number of nitrogens with zero attached hydrogens (tertiary/aromatic N) is 3. The number of benzene rings is 2. The summed E-state index contributed by atoms with van der Waals surface area (Å²) in [6, 6.07) is 15.7. The third-order valence-corrected chi connectivity index (χ3v) is 5.05. The Balaban J connectivity index is 1.33. The molecule has 1 aliphatic rings. The lowest BCUT2D eigenvalue weighted by Crippen LogP contribution is -2.41. The van der Waals surface area contributed by atoms with Gasteiger partial charge in [0.15, 0.2) is 6.61 Å². The minimum absolute atomic E-state index is 0.120. The molecule has 7 heteroatoms. The van der Waals surface area contributed by atoms with Crippen LogP contribution in [0.5, 0.6) is 5.75 Å². The molecule has 3 aromatic rings. The van der Waals surface area contributed by atoms with Gasteiger partial charge in [-0.3, -0.25) is 4.79 Å². The number of para-hydroxylation sites is 1. The Morgan fingerprint density at radius 3 is 2.97 bits per heavy atom. The molecule has 0 fully saturated rings. The summed E-state index contributed by atoms with van der Waals surface area (Å²) in [6.45, 7) is 5.60. The van der Waals surface area contributed by atoms with Crippen LogP contribution in [0, 0.1) is 6.92 Å². The van der Waals surface area contributed by atoms with Gasteiger partial charge in [0.2, 0.25) is 11.7 Å². The summed E-state index contributed by atoms with van der Waals surface area (Å²) in [5.41, 5.74) is 3.19. The first-order valence-electron chi connectivity index (χ1n) is 9.75. The highest BCUT2D eigenvalue weighted by molar-refractivity contribution is 5.94. The van der Waals surface area contributed by atoms with Gasteiger partial charge in [-0.2, -0.15) is 4.98 Å². The number of nitrogens with one attached hydrogen (secondary N) is 1. The van der Waals surface area contributed by atoms with Gasteiger partial charge in [-0.15, -0.1) is 0 Å². The van der Waals surface area contributed by atoms with Crippen molar-refractivity contribution in [2.45, 2.75) is 32.9 Å². The van der Waals surface area contributed by atoms with E-state index in [1.54, 1.807) is 31.2 Å². The Bertz CT molecular complexity index is 1000. The zero-order valence-electron chi connectivity index (χ0n) is 16.6. The van der Waals surface area contributed by atoms with Crippen LogP contribution < -0.4 is 15.0 Å². The molecule has 4 rings (SSSR count). The van der Waals surface area contributed by atoms with Gasteiger partial charge in [0, 0.05) is 37.3 Å². The molecular weight excluding hydrogens is 368 g/mol. The van der Waals surface area contributed by atoms with Crippen molar-refractivity contribution in [2.75, 3.05) is 18.0 Å². The maximum absolute atomic E-state index is 12.6. The van der Waals surface area contributed by atoms with Crippen molar-refractivity contribution in [3.8, 4) is 5.75 Å². The number of aromatic nitrogens is 2. The van der Waals surface area contributed by atoms with Gasteiger partial charge in [0.1, 0.15) is 5.75 Å². The average molecular weight is 392 g/mol. The molecule has 1 aromatic heterocycles. The average Bonchev–Trinajstić information content (AvgIpc) is 3.36. The molecule has 1 N–H and O–H groups in total. The van der Waals surface area contributed by atoms with E-state index in [0.717, 1.165) is 13.0 Å². The largest absolute Gasteiger partial charge is 0.485 e. The molecule has 29 heavy (non-hydrogen) atoms. The van der Waals surface area contributed by atoms with Crippen molar-refractivity contribution < 1.29 is 14.1 Å². The molecule has 7 nitrogen and oxygen atoms in total. The van der Waals surface area contributed by atoms with Crippen LogP contribution in [0.3, 0.4) is 0 Å². The van der Waals surface area contributed by atoms with Crippen LogP contribution in [0.1, 0.15) is 34.6 Å². The fourth-order valence-electron chi connectivity index (χ4n) is 3.55. The number of carbonyl (C=O) groups is 1. The second-order valence-corrected chi connectivity index (χ2v) is 7.18. The Morgan fingerprint density at radius 1 is 1.28 bits per heavy atom. The molecule has 150 valence electrons. The van der Waals surface area contributed by atoms with Crippen LogP contribution in [-0.4, -0.2) is 35.2 Å². The first-order valence-corrected chi connectivity index (χ1v) is 9.75. The Hall–Kier alpha value is -3.35. The number of hydrogen-bond donors (Lipinski definition) is 1. The number of hydrogen-bond acceptors (Lipinski definition) is 6. The van der Waals surface area contributed by atoms with Crippen molar-refractivity contribution in [3.63, 3.8) is 0 Å². The van der Waals surface area contributed by atoms with Crippen LogP contribution in [0.2, 0.25) is 0 Å². The van der Waals surface area contributed by atoms with E-state index in [1.807, 2.05) is 0 Å². The predicted molar refractivity (Wildman–Crippen MR) is 109 cm³/mol. The number of carbonyl (C=O) groups excluding carboxylic acids is 1.